The van der Waals surface area contributed by atoms with Crippen LogP contribution in [0.4, 0.5) is 0 Å². The molecule has 1 aromatic heterocycles. The second-order valence-electron chi connectivity index (χ2n) is 5.70. The van der Waals surface area contributed by atoms with E-state index in [2.05, 4.69) is 33.8 Å². The number of amides is 1. The number of carbonyl (C=O) groups excluding carboxylic acids is 1. The number of hydrogen-bond donors (Lipinski definition) is 1. The molecule has 0 bridgehead atoms. The average molecular weight is 282 g/mol. The fraction of sp³-hybridized carbons (Fsp3) is 0.667. The molecule has 2 N–H and O–H groups in total. The van der Waals surface area contributed by atoms with Crippen molar-refractivity contribution in [3.8, 4) is 0 Å². The van der Waals surface area contributed by atoms with Crippen molar-refractivity contribution in [1.82, 2.24) is 4.90 Å². The second kappa shape index (κ2) is 7.65. The summed E-state index contributed by atoms with van der Waals surface area (Å²) in [5, 5.41) is 2.05. The van der Waals surface area contributed by atoms with Crippen LogP contribution in [0.2, 0.25) is 0 Å². The van der Waals surface area contributed by atoms with E-state index in [9.17, 15) is 4.79 Å². The van der Waals surface area contributed by atoms with Crippen LogP contribution < -0.4 is 5.73 Å². The van der Waals surface area contributed by atoms with Gasteiger partial charge in [-0.2, -0.15) is 0 Å². The van der Waals surface area contributed by atoms with Gasteiger partial charge in [0.1, 0.15) is 0 Å². The Labute approximate surface area is 120 Å². The normalized spacial score (nSPS) is 13.0. The van der Waals surface area contributed by atoms with E-state index in [0.29, 0.717) is 19.0 Å². The van der Waals surface area contributed by atoms with Gasteiger partial charge in [0, 0.05) is 17.5 Å². The lowest BCUT2D eigenvalue weighted by molar-refractivity contribution is -0.138. The summed E-state index contributed by atoms with van der Waals surface area (Å²) in [6.45, 7) is 9.53. The lowest BCUT2D eigenvalue weighted by Crippen LogP contribution is -2.42. The molecular formula is C15H26N2OS. The van der Waals surface area contributed by atoms with Gasteiger partial charge in [-0.05, 0) is 37.6 Å². The largest absolute Gasteiger partial charge is 0.335 e. The molecule has 1 unspecified atom stereocenters. The predicted molar refractivity (Wildman–Crippen MR) is 82.0 cm³/mol. The lowest BCUT2D eigenvalue weighted by atomic mass is 9.95. The highest BCUT2D eigenvalue weighted by Gasteiger charge is 2.26. The molecule has 0 saturated carbocycles. The first-order chi connectivity index (χ1) is 8.95. The minimum Gasteiger partial charge on any atom is -0.335 e. The van der Waals surface area contributed by atoms with E-state index in [-0.39, 0.29) is 17.9 Å². The van der Waals surface area contributed by atoms with Crippen molar-refractivity contribution in [2.75, 3.05) is 6.54 Å². The van der Waals surface area contributed by atoms with Gasteiger partial charge in [-0.25, -0.2) is 0 Å². The molecule has 1 aromatic rings. The van der Waals surface area contributed by atoms with Crippen LogP contribution in [0.25, 0.3) is 0 Å². The molecule has 0 aliphatic rings. The fourth-order valence-corrected chi connectivity index (χ4v) is 2.89. The molecule has 1 rings (SSSR count). The molecule has 1 amide bonds. The average Bonchev–Trinajstić information content (AvgIpc) is 2.84. The highest BCUT2D eigenvalue weighted by Crippen LogP contribution is 2.19. The monoisotopic (exact) mass is 282 g/mol. The molecule has 0 fully saturated rings. The van der Waals surface area contributed by atoms with Crippen LogP contribution in [0.15, 0.2) is 17.5 Å². The molecule has 4 heteroatoms. The van der Waals surface area contributed by atoms with Crippen LogP contribution in [0.5, 0.6) is 0 Å². The summed E-state index contributed by atoms with van der Waals surface area (Å²) < 4.78 is 0. The third kappa shape index (κ3) is 4.96. The van der Waals surface area contributed by atoms with Crippen LogP contribution in [0.3, 0.4) is 0 Å². The summed E-state index contributed by atoms with van der Waals surface area (Å²) in [7, 11) is 0. The van der Waals surface area contributed by atoms with E-state index in [1.807, 2.05) is 16.3 Å². The maximum atomic E-state index is 12.6. The Morgan fingerprint density at radius 3 is 2.47 bits per heavy atom. The van der Waals surface area contributed by atoms with Crippen molar-refractivity contribution in [1.29, 1.82) is 0 Å². The van der Waals surface area contributed by atoms with Gasteiger partial charge < -0.3 is 10.6 Å². The molecule has 0 aliphatic carbocycles. The molecule has 108 valence electrons. The smallest absolute Gasteiger partial charge is 0.227 e. The van der Waals surface area contributed by atoms with Crippen molar-refractivity contribution >= 4 is 17.2 Å². The highest BCUT2D eigenvalue weighted by molar-refractivity contribution is 7.09. The molecule has 19 heavy (non-hydrogen) atoms. The minimum absolute atomic E-state index is 0.0534. The van der Waals surface area contributed by atoms with Crippen molar-refractivity contribution in [2.24, 2.45) is 17.6 Å². The Morgan fingerprint density at radius 2 is 2.05 bits per heavy atom. The first kappa shape index (κ1) is 16.2. The van der Waals surface area contributed by atoms with Crippen LogP contribution in [0, 0.1) is 11.8 Å². The topological polar surface area (TPSA) is 46.3 Å². The van der Waals surface area contributed by atoms with Gasteiger partial charge in [-0.1, -0.05) is 19.9 Å². The molecule has 3 nitrogen and oxygen atoms in total. The molecule has 1 heterocycles. The number of nitrogens with zero attached hydrogens (tertiary/aromatic N) is 1. The molecule has 0 aromatic carbocycles. The van der Waals surface area contributed by atoms with Crippen molar-refractivity contribution < 1.29 is 4.79 Å². The van der Waals surface area contributed by atoms with Crippen molar-refractivity contribution in [3.63, 3.8) is 0 Å². The van der Waals surface area contributed by atoms with Crippen molar-refractivity contribution in [3.05, 3.63) is 22.4 Å². The first-order valence-electron chi connectivity index (χ1n) is 6.98. The summed E-state index contributed by atoms with van der Waals surface area (Å²) in [5.41, 5.74) is 5.79. The SMILES string of the molecule is CC(C)CC(CN)C(=O)N(Cc1cccs1)C(C)C. The Hall–Kier alpha value is -0.870. The van der Waals surface area contributed by atoms with E-state index in [1.54, 1.807) is 11.3 Å². The first-order valence-corrected chi connectivity index (χ1v) is 7.86. The van der Waals surface area contributed by atoms with E-state index in [0.717, 1.165) is 6.42 Å². The van der Waals surface area contributed by atoms with Gasteiger partial charge in [0.05, 0.1) is 12.5 Å². The number of carbonyl (C=O) groups is 1. The molecular weight excluding hydrogens is 256 g/mol. The van der Waals surface area contributed by atoms with Crippen LogP contribution >= 0.6 is 11.3 Å². The highest BCUT2D eigenvalue weighted by atomic mass is 32.1. The number of hydrogen-bond acceptors (Lipinski definition) is 3. The number of rotatable bonds is 7. The standard InChI is InChI=1S/C15H26N2OS/c1-11(2)8-13(9-16)15(18)17(12(3)4)10-14-6-5-7-19-14/h5-7,11-13H,8-10,16H2,1-4H3. The Balaban J connectivity index is 2.76. The van der Waals surface area contributed by atoms with Gasteiger partial charge in [-0.3, -0.25) is 4.79 Å². The molecule has 0 saturated heterocycles. The number of nitrogens with two attached hydrogens (primary N) is 1. The van der Waals surface area contributed by atoms with Crippen LogP contribution in [0.1, 0.15) is 39.0 Å². The summed E-state index contributed by atoms with van der Waals surface area (Å²) in [5.74, 6) is 0.634. The van der Waals surface area contributed by atoms with Crippen LogP contribution in [-0.4, -0.2) is 23.4 Å². The van der Waals surface area contributed by atoms with E-state index in [4.69, 9.17) is 5.73 Å². The summed E-state index contributed by atoms with van der Waals surface area (Å²) in [6.07, 6.45) is 0.864. The Morgan fingerprint density at radius 1 is 1.37 bits per heavy atom. The second-order valence-corrected chi connectivity index (χ2v) is 6.73. The quantitative estimate of drug-likeness (QED) is 0.835. The van der Waals surface area contributed by atoms with E-state index in [1.165, 1.54) is 4.88 Å². The zero-order chi connectivity index (χ0) is 14.4. The van der Waals surface area contributed by atoms with Gasteiger partial charge in [-0.15, -0.1) is 11.3 Å². The fourth-order valence-electron chi connectivity index (χ4n) is 2.19. The maximum absolute atomic E-state index is 12.6. The third-order valence-electron chi connectivity index (χ3n) is 3.20. The van der Waals surface area contributed by atoms with E-state index < -0.39 is 0 Å². The third-order valence-corrected chi connectivity index (χ3v) is 4.06. The lowest BCUT2D eigenvalue weighted by Gasteiger charge is -2.30. The van der Waals surface area contributed by atoms with Crippen molar-refractivity contribution in [2.45, 2.75) is 46.7 Å². The van der Waals surface area contributed by atoms with Gasteiger partial charge >= 0.3 is 0 Å². The maximum Gasteiger partial charge on any atom is 0.227 e. The van der Waals surface area contributed by atoms with E-state index >= 15 is 0 Å². The summed E-state index contributed by atoms with van der Waals surface area (Å²) >= 11 is 1.69. The van der Waals surface area contributed by atoms with Gasteiger partial charge in [0.25, 0.3) is 0 Å². The molecule has 0 aliphatic heterocycles. The zero-order valence-corrected chi connectivity index (χ0v) is 13.2. The molecule has 0 radical (unpaired) electrons. The summed E-state index contributed by atoms with van der Waals surface area (Å²) in [6, 6.07) is 4.31. The summed E-state index contributed by atoms with van der Waals surface area (Å²) in [4.78, 5) is 15.8. The van der Waals surface area contributed by atoms with Crippen LogP contribution in [-0.2, 0) is 11.3 Å². The minimum atomic E-state index is -0.0534. The molecule has 1 atom stereocenters. The van der Waals surface area contributed by atoms with Gasteiger partial charge in [0.2, 0.25) is 5.91 Å². The predicted octanol–water partition coefficient (Wildman–Crippen LogP) is 3.11. The number of thiophene rings is 1. The van der Waals surface area contributed by atoms with Gasteiger partial charge in [0.15, 0.2) is 0 Å². The Kier molecular flexibility index (Phi) is 6.52. The Bertz CT molecular complexity index is 374. The zero-order valence-electron chi connectivity index (χ0n) is 12.4. The molecule has 0 spiro atoms.